The average molecular weight is 549 g/mol. The number of pyridine rings is 1. The topological polar surface area (TPSA) is 98.2 Å². The number of carbonyl (C=O) groups excluding carboxylic acids is 2. The Balaban J connectivity index is 1.74. The Morgan fingerprint density at radius 1 is 1.02 bits per heavy atom. The summed E-state index contributed by atoms with van der Waals surface area (Å²) >= 11 is 0. The van der Waals surface area contributed by atoms with Gasteiger partial charge in [0.2, 0.25) is 0 Å². The number of esters is 1. The van der Waals surface area contributed by atoms with Crippen molar-refractivity contribution in [3.63, 3.8) is 0 Å². The van der Waals surface area contributed by atoms with E-state index in [0.717, 1.165) is 16.7 Å². The molecule has 214 valence electrons. The molecule has 1 atom stereocenters. The molecule has 0 spiro atoms. The molecular formula is C32H40N2O6. The van der Waals surface area contributed by atoms with Crippen LogP contribution >= 0.6 is 0 Å². The number of aliphatic hydroxyl groups excluding tert-OH is 1. The molecule has 3 aromatic rings. The number of aromatic nitrogens is 1. The highest BCUT2D eigenvalue weighted by molar-refractivity contribution is 5.93. The second kappa shape index (κ2) is 13.9. The minimum atomic E-state index is -0.885. The molecular weight excluding hydrogens is 508 g/mol. The van der Waals surface area contributed by atoms with E-state index in [1.54, 1.807) is 30.6 Å². The summed E-state index contributed by atoms with van der Waals surface area (Å²) in [4.78, 5) is 30.7. The van der Waals surface area contributed by atoms with Gasteiger partial charge >= 0.3 is 12.1 Å². The summed E-state index contributed by atoms with van der Waals surface area (Å²) in [7, 11) is 1.35. The maximum Gasteiger partial charge on any atom is 0.410 e. The van der Waals surface area contributed by atoms with E-state index in [1.807, 2.05) is 71.0 Å². The first-order chi connectivity index (χ1) is 19.0. The maximum atomic E-state index is 12.9. The van der Waals surface area contributed by atoms with Gasteiger partial charge in [0.1, 0.15) is 16.9 Å². The third-order valence-electron chi connectivity index (χ3n) is 6.03. The van der Waals surface area contributed by atoms with Gasteiger partial charge in [-0.05, 0) is 68.0 Å². The van der Waals surface area contributed by atoms with Crippen molar-refractivity contribution in [1.29, 1.82) is 0 Å². The monoisotopic (exact) mass is 548 g/mol. The number of rotatable bonds is 11. The third kappa shape index (κ3) is 9.09. The zero-order chi connectivity index (χ0) is 29.3. The summed E-state index contributed by atoms with van der Waals surface area (Å²) < 4.78 is 16.4. The number of carbonyl (C=O) groups is 2. The first-order valence-electron chi connectivity index (χ1n) is 13.5. The minimum absolute atomic E-state index is 0.0877. The lowest BCUT2D eigenvalue weighted by atomic mass is 10.0. The van der Waals surface area contributed by atoms with Crippen LogP contribution in [0.5, 0.6) is 5.75 Å². The van der Waals surface area contributed by atoms with Gasteiger partial charge in [0.25, 0.3) is 0 Å². The van der Waals surface area contributed by atoms with E-state index in [0.29, 0.717) is 42.4 Å². The van der Waals surface area contributed by atoms with Gasteiger partial charge < -0.3 is 24.2 Å². The van der Waals surface area contributed by atoms with Crippen LogP contribution in [-0.4, -0.2) is 59.5 Å². The van der Waals surface area contributed by atoms with Crippen molar-refractivity contribution >= 4 is 12.1 Å². The molecule has 1 amide bonds. The third-order valence-corrected chi connectivity index (χ3v) is 6.03. The van der Waals surface area contributed by atoms with Crippen LogP contribution in [-0.2, 0) is 15.9 Å². The molecule has 1 aromatic heterocycles. The molecule has 0 aliphatic carbocycles. The lowest BCUT2D eigenvalue weighted by Crippen LogP contribution is -2.40. The number of amides is 1. The number of hydrogen-bond donors (Lipinski definition) is 1. The Labute approximate surface area is 236 Å². The van der Waals surface area contributed by atoms with Crippen molar-refractivity contribution < 1.29 is 28.9 Å². The lowest BCUT2D eigenvalue weighted by molar-refractivity contribution is 0.0146. The number of ether oxygens (including phenoxy) is 3. The van der Waals surface area contributed by atoms with E-state index in [1.165, 1.54) is 12.0 Å². The number of benzene rings is 2. The second-order valence-electron chi connectivity index (χ2n) is 11.1. The molecule has 1 N–H and O–H groups in total. The summed E-state index contributed by atoms with van der Waals surface area (Å²) in [5.74, 6) is 0.352. The fourth-order valence-electron chi connectivity index (χ4n) is 3.96. The first-order valence-corrected chi connectivity index (χ1v) is 13.5. The fourth-order valence-corrected chi connectivity index (χ4v) is 3.96. The molecule has 0 saturated carbocycles. The van der Waals surface area contributed by atoms with Crippen LogP contribution in [0.25, 0.3) is 11.1 Å². The number of nitrogens with zero attached hydrogens (tertiary/aromatic N) is 2. The smallest absolute Gasteiger partial charge is 0.410 e. The van der Waals surface area contributed by atoms with E-state index in [-0.39, 0.29) is 6.54 Å². The highest BCUT2D eigenvalue weighted by Gasteiger charge is 2.24. The van der Waals surface area contributed by atoms with Crippen LogP contribution in [0.1, 0.15) is 62.2 Å². The van der Waals surface area contributed by atoms with Gasteiger partial charge in [-0.2, -0.15) is 0 Å². The Morgan fingerprint density at radius 3 is 2.33 bits per heavy atom. The van der Waals surface area contributed by atoms with E-state index >= 15 is 0 Å². The Morgan fingerprint density at radius 2 is 1.73 bits per heavy atom. The number of aliphatic hydroxyl groups is 1. The lowest BCUT2D eigenvalue weighted by Gasteiger charge is -2.29. The van der Waals surface area contributed by atoms with Gasteiger partial charge in [-0.25, -0.2) is 9.59 Å². The summed E-state index contributed by atoms with van der Waals surface area (Å²) in [5, 5.41) is 10.7. The van der Waals surface area contributed by atoms with E-state index in [4.69, 9.17) is 14.2 Å². The van der Waals surface area contributed by atoms with Gasteiger partial charge in [-0.15, -0.1) is 0 Å². The molecule has 0 aliphatic heterocycles. The Kier molecular flexibility index (Phi) is 10.7. The van der Waals surface area contributed by atoms with Crippen LogP contribution in [0.4, 0.5) is 4.79 Å². The molecule has 0 radical (unpaired) electrons. The molecule has 0 unspecified atom stereocenters. The first kappa shape index (κ1) is 30.6. The molecule has 0 aliphatic rings. The van der Waals surface area contributed by atoms with Crippen molar-refractivity contribution in [1.82, 2.24) is 9.88 Å². The molecule has 1 heterocycles. The van der Waals surface area contributed by atoms with Crippen molar-refractivity contribution in [3.05, 3.63) is 83.7 Å². The molecule has 40 heavy (non-hydrogen) atoms. The summed E-state index contributed by atoms with van der Waals surface area (Å²) in [6.45, 7) is 10.5. The van der Waals surface area contributed by atoms with Gasteiger partial charge in [-0.3, -0.25) is 4.98 Å². The van der Waals surface area contributed by atoms with E-state index in [9.17, 15) is 14.7 Å². The summed E-state index contributed by atoms with van der Waals surface area (Å²) in [6.07, 6.45) is 2.44. The largest absolute Gasteiger partial charge is 0.492 e. The standard InChI is InChI=1S/C32H40N2O6/c1-22(2)21-39-29-18-25(13-14-27(29)30(36)38-6)24-11-9-23(10-12-24)15-17-34(31(37)40-32(3,4)5)20-28(35)26-8-7-16-33-19-26/h7-14,16,18-19,22,28,35H,15,17,20-21H2,1-6H3/t28-/m1/s1. The van der Waals surface area contributed by atoms with Crippen molar-refractivity contribution in [2.75, 3.05) is 26.8 Å². The molecule has 8 heteroatoms. The number of hydrogen-bond acceptors (Lipinski definition) is 7. The van der Waals surface area contributed by atoms with Crippen molar-refractivity contribution in [3.8, 4) is 16.9 Å². The predicted octanol–water partition coefficient (Wildman–Crippen LogP) is 6.08. The maximum absolute atomic E-state index is 12.9. The number of methoxy groups -OCH3 is 1. The van der Waals surface area contributed by atoms with E-state index in [2.05, 4.69) is 4.98 Å². The van der Waals surface area contributed by atoms with Gasteiger partial charge in [0.15, 0.2) is 0 Å². The van der Waals surface area contributed by atoms with Crippen molar-refractivity contribution in [2.45, 2.75) is 52.7 Å². The zero-order valence-electron chi connectivity index (χ0n) is 24.2. The molecule has 3 rings (SSSR count). The normalized spacial score (nSPS) is 12.1. The van der Waals surface area contributed by atoms with Crippen LogP contribution in [0.2, 0.25) is 0 Å². The minimum Gasteiger partial charge on any atom is -0.492 e. The average Bonchev–Trinajstić information content (AvgIpc) is 2.93. The SMILES string of the molecule is COC(=O)c1ccc(-c2ccc(CCN(C[C@@H](O)c3cccnc3)C(=O)OC(C)(C)C)cc2)cc1OCC(C)C. The molecule has 8 nitrogen and oxygen atoms in total. The zero-order valence-corrected chi connectivity index (χ0v) is 24.2. The van der Waals surface area contributed by atoms with Gasteiger partial charge in [-0.1, -0.05) is 50.2 Å². The van der Waals surface area contributed by atoms with Crippen LogP contribution in [0.3, 0.4) is 0 Å². The summed E-state index contributed by atoms with van der Waals surface area (Å²) in [5.41, 5.74) is 3.26. The van der Waals surface area contributed by atoms with Gasteiger partial charge in [0.05, 0.1) is 26.4 Å². The molecule has 0 fully saturated rings. The van der Waals surface area contributed by atoms with Gasteiger partial charge in [0, 0.05) is 24.5 Å². The van der Waals surface area contributed by atoms with Crippen LogP contribution in [0.15, 0.2) is 67.0 Å². The second-order valence-corrected chi connectivity index (χ2v) is 11.1. The van der Waals surface area contributed by atoms with Crippen molar-refractivity contribution in [2.24, 2.45) is 5.92 Å². The predicted molar refractivity (Wildman–Crippen MR) is 154 cm³/mol. The molecule has 0 saturated heterocycles. The molecule has 0 bridgehead atoms. The highest BCUT2D eigenvalue weighted by Crippen LogP contribution is 2.29. The van der Waals surface area contributed by atoms with Crippen LogP contribution in [0, 0.1) is 5.92 Å². The van der Waals surface area contributed by atoms with E-state index < -0.39 is 23.8 Å². The quantitative estimate of drug-likeness (QED) is 0.290. The summed E-state index contributed by atoms with van der Waals surface area (Å²) in [6, 6.07) is 17.0. The Hall–Kier alpha value is -3.91. The fraction of sp³-hybridized carbons (Fsp3) is 0.406. The molecule has 2 aromatic carbocycles. The van der Waals surface area contributed by atoms with Crippen LogP contribution < -0.4 is 4.74 Å². The highest BCUT2D eigenvalue weighted by atomic mass is 16.6. The Bertz CT molecular complexity index is 1250.